The van der Waals surface area contributed by atoms with E-state index in [0.717, 1.165) is 16.5 Å². The highest BCUT2D eigenvalue weighted by Gasteiger charge is 2.06. The second kappa shape index (κ2) is 6.71. The molecule has 1 aromatic heterocycles. The molecule has 0 aliphatic carbocycles. The van der Waals surface area contributed by atoms with Crippen LogP contribution in [0.25, 0.3) is 10.9 Å². The summed E-state index contributed by atoms with van der Waals surface area (Å²) >= 11 is 0. The Hall–Kier alpha value is -2.61. The molecule has 108 valence electrons. The third kappa shape index (κ3) is 3.69. The van der Waals surface area contributed by atoms with Crippen molar-refractivity contribution in [2.75, 3.05) is 18.4 Å². The Labute approximate surface area is 124 Å². The summed E-state index contributed by atoms with van der Waals surface area (Å²) in [5.41, 5.74) is 2.49. The van der Waals surface area contributed by atoms with Crippen LogP contribution in [-0.2, 0) is 4.79 Å². The van der Waals surface area contributed by atoms with Crippen molar-refractivity contribution >= 4 is 22.6 Å². The molecule has 1 amide bonds. The van der Waals surface area contributed by atoms with Gasteiger partial charge in [-0.05, 0) is 24.6 Å². The van der Waals surface area contributed by atoms with Crippen LogP contribution >= 0.6 is 0 Å². The highest BCUT2D eigenvalue weighted by molar-refractivity contribution is 5.83. The third-order valence-electron chi connectivity index (χ3n) is 3.15. The summed E-state index contributed by atoms with van der Waals surface area (Å²) in [6, 6.07) is 9.93. The number of rotatable bonds is 5. The molecule has 1 heterocycles. The number of amides is 1. The first-order chi connectivity index (χ1) is 10.1. The number of fused-ring (bicyclic) bond motifs is 1. The lowest BCUT2D eigenvalue weighted by molar-refractivity contribution is -0.120. The van der Waals surface area contributed by atoms with Crippen molar-refractivity contribution in [2.24, 2.45) is 0 Å². The van der Waals surface area contributed by atoms with E-state index in [9.17, 15) is 10.1 Å². The van der Waals surface area contributed by atoms with Gasteiger partial charge in [0, 0.05) is 24.9 Å². The number of anilines is 1. The average Bonchev–Trinajstić information content (AvgIpc) is 2.50. The Bertz CT molecular complexity index is 703. The molecule has 0 saturated heterocycles. The number of pyridine rings is 1. The Morgan fingerprint density at radius 2 is 2.14 bits per heavy atom. The molecule has 0 saturated carbocycles. The first-order valence-corrected chi connectivity index (χ1v) is 6.96. The Balaban J connectivity index is 2.14. The van der Waals surface area contributed by atoms with Crippen LogP contribution in [0.3, 0.4) is 0 Å². The molecule has 0 aliphatic rings. The van der Waals surface area contributed by atoms with Gasteiger partial charge < -0.3 is 10.6 Å². The number of hydrogen-bond donors (Lipinski definition) is 2. The van der Waals surface area contributed by atoms with Crippen LogP contribution in [0.1, 0.15) is 24.5 Å². The van der Waals surface area contributed by atoms with Gasteiger partial charge in [0.15, 0.2) is 0 Å². The highest BCUT2D eigenvalue weighted by atomic mass is 16.1. The number of hydrogen-bond acceptors (Lipinski definition) is 4. The molecule has 21 heavy (non-hydrogen) atoms. The highest BCUT2D eigenvalue weighted by Crippen LogP contribution is 2.20. The molecular weight excluding hydrogens is 264 g/mol. The summed E-state index contributed by atoms with van der Waals surface area (Å²) in [4.78, 5) is 15.6. The van der Waals surface area contributed by atoms with Gasteiger partial charge in [-0.2, -0.15) is 5.26 Å². The monoisotopic (exact) mass is 282 g/mol. The van der Waals surface area contributed by atoms with Gasteiger partial charge in [0.1, 0.15) is 11.9 Å². The van der Waals surface area contributed by atoms with E-state index in [1.54, 1.807) is 0 Å². The van der Waals surface area contributed by atoms with E-state index in [1.165, 1.54) is 0 Å². The second-order valence-electron chi connectivity index (χ2n) is 4.82. The third-order valence-corrected chi connectivity index (χ3v) is 3.15. The molecule has 2 rings (SSSR count). The summed E-state index contributed by atoms with van der Waals surface area (Å²) in [5, 5.41) is 16.0. The van der Waals surface area contributed by atoms with Crippen LogP contribution in [0.2, 0.25) is 0 Å². The Morgan fingerprint density at radius 3 is 2.86 bits per heavy atom. The van der Waals surface area contributed by atoms with E-state index >= 15 is 0 Å². The second-order valence-corrected chi connectivity index (χ2v) is 4.82. The SMILES string of the molecule is CCC(=O)NCCNc1nc2cc(C)ccc2cc1C#N. The maximum absolute atomic E-state index is 11.2. The fourth-order valence-corrected chi connectivity index (χ4v) is 2.00. The lowest BCUT2D eigenvalue weighted by Crippen LogP contribution is -2.28. The van der Waals surface area contributed by atoms with Crippen molar-refractivity contribution < 1.29 is 4.79 Å². The van der Waals surface area contributed by atoms with Crippen molar-refractivity contribution in [3.8, 4) is 6.07 Å². The zero-order valence-electron chi connectivity index (χ0n) is 12.2. The van der Waals surface area contributed by atoms with Crippen molar-refractivity contribution in [2.45, 2.75) is 20.3 Å². The molecule has 2 N–H and O–H groups in total. The molecular formula is C16H18N4O. The Morgan fingerprint density at radius 1 is 1.33 bits per heavy atom. The predicted octanol–water partition coefficient (Wildman–Crippen LogP) is 2.35. The molecule has 0 fully saturated rings. The quantitative estimate of drug-likeness (QED) is 0.825. The van der Waals surface area contributed by atoms with E-state index < -0.39 is 0 Å². The summed E-state index contributed by atoms with van der Waals surface area (Å²) in [6.45, 7) is 4.85. The van der Waals surface area contributed by atoms with Crippen LogP contribution in [0.4, 0.5) is 5.82 Å². The fraction of sp³-hybridized carbons (Fsp3) is 0.312. The molecule has 5 nitrogen and oxygen atoms in total. The molecule has 0 bridgehead atoms. The molecule has 2 aromatic rings. The maximum atomic E-state index is 11.2. The maximum Gasteiger partial charge on any atom is 0.219 e. The summed E-state index contributed by atoms with van der Waals surface area (Å²) in [7, 11) is 0. The molecule has 0 atom stereocenters. The summed E-state index contributed by atoms with van der Waals surface area (Å²) in [6.07, 6.45) is 0.469. The lowest BCUT2D eigenvalue weighted by Gasteiger charge is -2.09. The van der Waals surface area contributed by atoms with E-state index in [0.29, 0.717) is 30.9 Å². The fourth-order valence-electron chi connectivity index (χ4n) is 2.00. The number of aryl methyl sites for hydroxylation is 1. The lowest BCUT2D eigenvalue weighted by atomic mass is 10.1. The average molecular weight is 282 g/mol. The van der Waals surface area contributed by atoms with Gasteiger partial charge in [-0.25, -0.2) is 4.98 Å². The van der Waals surface area contributed by atoms with E-state index in [1.807, 2.05) is 38.1 Å². The van der Waals surface area contributed by atoms with Gasteiger partial charge in [0.25, 0.3) is 0 Å². The zero-order chi connectivity index (χ0) is 15.2. The minimum Gasteiger partial charge on any atom is -0.367 e. The van der Waals surface area contributed by atoms with Crippen molar-refractivity contribution in [1.82, 2.24) is 10.3 Å². The smallest absolute Gasteiger partial charge is 0.219 e. The van der Waals surface area contributed by atoms with Gasteiger partial charge in [-0.1, -0.05) is 19.1 Å². The molecule has 1 aromatic carbocycles. The number of carbonyl (C=O) groups excluding carboxylic acids is 1. The van der Waals surface area contributed by atoms with Gasteiger partial charge >= 0.3 is 0 Å². The molecule has 0 radical (unpaired) electrons. The van der Waals surface area contributed by atoms with Gasteiger partial charge in [0.2, 0.25) is 5.91 Å². The minimum absolute atomic E-state index is 0.0133. The zero-order valence-corrected chi connectivity index (χ0v) is 12.2. The molecule has 0 aliphatic heterocycles. The number of nitrogens with zero attached hydrogens (tertiary/aromatic N) is 2. The normalized spacial score (nSPS) is 10.1. The van der Waals surface area contributed by atoms with Gasteiger partial charge in [-0.3, -0.25) is 4.79 Å². The van der Waals surface area contributed by atoms with Crippen molar-refractivity contribution in [3.05, 3.63) is 35.4 Å². The van der Waals surface area contributed by atoms with Crippen LogP contribution in [0, 0.1) is 18.3 Å². The summed E-state index contributed by atoms with van der Waals surface area (Å²) in [5.74, 6) is 0.570. The van der Waals surface area contributed by atoms with Crippen LogP contribution in [-0.4, -0.2) is 24.0 Å². The Kier molecular flexibility index (Phi) is 4.72. The van der Waals surface area contributed by atoms with Crippen molar-refractivity contribution in [3.63, 3.8) is 0 Å². The first kappa shape index (κ1) is 14.8. The predicted molar refractivity (Wildman–Crippen MR) is 83.0 cm³/mol. The molecule has 5 heteroatoms. The first-order valence-electron chi connectivity index (χ1n) is 6.96. The van der Waals surface area contributed by atoms with E-state index in [2.05, 4.69) is 21.7 Å². The minimum atomic E-state index is 0.0133. The number of aromatic nitrogens is 1. The van der Waals surface area contributed by atoms with E-state index in [-0.39, 0.29) is 5.91 Å². The topological polar surface area (TPSA) is 77.8 Å². The van der Waals surface area contributed by atoms with E-state index in [4.69, 9.17) is 0 Å². The van der Waals surface area contributed by atoms with Gasteiger partial charge in [-0.15, -0.1) is 0 Å². The standard InChI is InChI=1S/C16H18N4O/c1-3-15(21)18-6-7-19-16-13(10-17)9-12-5-4-11(2)8-14(12)20-16/h4-5,8-9H,3,6-7H2,1-2H3,(H,18,21)(H,19,20). The van der Waals surface area contributed by atoms with Crippen LogP contribution in [0.5, 0.6) is 0 Å². The molecule has 0 spiro atoms. The van der Waals surface area contributed by atoms with Crippen LogP contribution < -0.4 is 10.6 Å². The largest absolute Gasteiger partial charge is 0.367 e. The number of carbonyl (C=O) groups is 1. The number of nitrogens with one attached hydrogen (secondary N) is 2. The van der Waals surface area contributed by atoms with Crippen LogP contribution in [0.15, 0.2) is 24.3 Å². The molecule has 0 unspecified atom stereocenters. The number of nitriles is 1. The van der Waals surface area contributed by atoms with Crippen molar-refractivity contribution in [1.29, 1.82) is 5.26 Å². The summed E-state index contributed by atoms with van der Waals surface area (Å²) < 4.78 is 0. The number of benzene rings is 1. The van der Waals surface area contributed by atoms with Gasteiger partial charge in [0.05, 0.1) is 11.1 Å².